The maximum Gasteiger partial charge on any atom is 0.304 e. The van der Waals surface area contributed by atoms with E-state index >= 15 is 0 Å². The third-order valence-corrected chi connectivity index (χ3v) is 7.22. The number of aryl methyl sites for hydroxylation is 2. The highest BCUT2D eigenvalue weighted by Gasteiger charge is 2.35. The zero-order chi connectivity index (χ0) is 26.1. The van der Waals surface area contributed by atoms with Crippen molar-refractivity contribution in [3.8, 4) is 28.4 Å². The molecule has 0 saturated heterocycles. The van der Waals surface area contributed by atoms with Gasteiger partial charge in [-0.25, -0.2) is 0 Å². The summed E-state index contributed by atoms with van der Waals surface area (Å²) < 4.78 is 17.7. The molecule has 1 heterocycles. The van der Waals surface area contributed by atoms with Crippen LogP contribution in [0.4, 0.5) is 0 Å². The topological polar surface area (TPSA) is 105 Å². The van der Waals surface area contributed by atoms with Crippen molar-refractivity contribution in [1.29, 1.82) is 0 Å². The lowest BCUT2D eigenvalue weighted by Gasteiger charge is -2.20. The van der Waals surface area contributed by atoms with Gasteiger partial charge in [-0.15, -0.1) is 0 Å². The van der Waals surface area contributed by atoms with Gasteiger partial charge in [0.05, 0.1) is 19.1 Å². The molecule has 7 heteroatoms. The van der Waals surface area contributed by atoms with Gasteiger partial charge in [-0.2, -0.15) is 0 Å². The summed E-state index contributed by atoms with van der Waals surface area (Å²) in [7, 11) is 0. The van der Waals surface area contributed by atoms with E-state index in [9.17, 15) is 15.0 Å². The summed E-state index contributed by atoms with van der Waals surface area (Å²) >= 11 is 0. The second-order valence-electron chi connectivity index (χ2n) is 10.0. The lowest BCUT2D eigenvalue weighted by Crippen LogP contribution is -2.32. The van der Waals surface area contributed by atoms with Crippen molar-refractivity contribution in [2.24, 2.45) is 0 Å². The lowest BCUT2D eigenvalue weighted by molar-refractivity contribution is -0.137. The molecule has 1 fully saturated rings. The largest absolute Gasteiger partial charge is 0.492 e. The standard InChI is InChI=1S/C30H32O7/c1-17-10-23(37-26-9-8-25(31)30(26)34)11-18(2)29(17)20-5-3-4-19(12-20)15-35-22-6-7-24-21(13-28(32)33)16-36-27(24)14-22/h3-7,10-12,14,21,25-26,30-31,34H,8-9,13,15-16H2,1-2H3,(H,32,33)/t21-,25+,26-,30-/m1/s1. The zero-order valence-corrected chi connectivity index (χ0v) is 21.0. The first-order valence-electron chi connectivity index (χ1n) is 12.6. The first-order valence-corrected chi connectivity index (χ1v) is 12.6. The van der Waals surface area contributed by atoms with Crippen LogP contribution in [0.1, 0.15) is 47.4 Å². The fraction of sp³-hybridized carbons (Fsp3) is 0.367. The Morgan fingerprint density at radius 1 is 1.00 bits per heavy atom. The third-order valence-electron chi connectivity index (χ3n) is 7.22. The number of carbonyl (C=O) groups is 1. The number of aliphatic hydroxyl groups excluding tert-OH is 2. The molecule has 1 aliphatic heterocycles. The van der Waals surface area contributed by atoms with Crippen molar-refractivity contribution in [3.63, 3.8) is 0 Å². The average Bonchev–Trinajstić information content (AvgIpc) is 3.40. The minimum atomic E-state index is -0.861. The van der Waals surface area contributed by atoms with Gasteiger partial charge in [0, 0.05) is 17.5 Å². The van der Waals surface area contributed by atoms with Gasteiger partial charge in [-0.05, 0) is 78.8 Å². The number of benzene rings is 3. The summed E-state index contributed by atoms with van der Waals surface area (Å²) in [4.78, 5) is 11.1. The Kier molecular flexibility index (Phi) is 7.09. The second-order valence-corrected chi connectivity index (χ2v) is 10.0. The molecule has 0 amide bonds. The van der Waals surface area contributed by atoms with Gasteiger partial charge < -0.3 is 29.5 Å². The number of rotatable bonds is 8. The molecular weight excluding hydrogens is 472 g/mol. The minimum Gasteiger partial charge on any atom is -0.492 e. The molecule has 1 saturated carbocycles. The van der Waals surface area contributed by atoms with Gasteiger partial charge in [-0.3, -0.25) is 4.79 Å². The quantitative estimate of drug-likeness (QED) is 0.406. The van der Waals surface area contributed by atoms with E-state index in [1.807, 2.05) is 56.3 Å². The monoisotopic (exact) mass is 504 g/mol. The summed E-state index contributed by atoms with van der Waals surface area (Å²) in [5.74, 6) is 1.10. The van der Waals surface area contributed by atoms with Gasteiger partial charge in [0.2, 0.25) is 0 Å². The van der Waals surface area contributed by atoms with Gasteiger partial charge in [0.1, 0.15) is 36.1 Å². The molecule has 4 atom stereocenters. The number of carboxylic acids is 1. The predicted octanol–water partition coefficient (Wildman–Crippen LogP) is 4.76. The van der Waals surface area contributed by atoms with Crippen molar-refractivity contribution in [2.75, 3.05) is 6.61 Å². The van der Waals surface area contributed by atoms with Crippen LogP contribution in [-0.4, -0.2) is 46.2 Å². The summed E-state index contributed by atoms with van der Waals surface area (Å²) in [6.07, 6.45) is -0.760. The predicted molar refractivity (Wildman–Crippen MR) is 138 cm³/mol. The molecule has 0 bridgehead atoms. The Hall–Kier alpha value is -3.55. The molecule has 3 aromatic rings. The van der Waals surface area contributed by atoms with Crippen molar-refractivity contribution in [3.05, 3.63) is 76.9 Å². The van der Waals surface area contributed by atoms with Gasteiger partial charge in [0.15, 0.2) is 0 Å². The van der Waals surface area contributed by atoms with Crippen LogP contribution in [0.15, 0.2) is 54.6 Å². The molecule has 7 nitrogen and oxygen atoms in total. The van der Waals surface area contributed by atoms with E-state index in [1.165, 1.54) is 0 Å². The van der Waals surface area contributed by atoms with E-state index in [0.29, 0.717) is 43.3 Å². The van der Waals surface area contributed by atoms with E-state index < -0.39 is 24.3 Å². The molecule has 194 valence electrons. The molecule has 2 aliphatic rings. The fourth-order valence-corrected chi connectivity index (χ4v) is 5.38. The smallest absolute Gasteiger partial charge is 0.304 e. The van der Waals surface area contributed by atoms with Crippen LogP contribution in [0.3, 0.4) is 0 Å². The van der Waals surface area contributed by atoms with Crippen LogP contribution in [-0.2, 0) is 11.4 Å². The van der Waals surface area contributed by atoms with Crippen LogP contribution in [0.2, 0.25) is 0 Å². The molecule has 5 rings (SSSR count). The summed E-state index contributed by atoms with van der Waals surface area (Å²) in [6, 6.07) is 17.7. The number of fused-ring (bicyclic) bond motifs is 1. The van der Waals surface area contributed by atoms with E-state index in [-0.39, 0.29) is 12.3 Å². The molecule has 0 aromatic heterocycles. The van der Waals surface area contributed by atoms with Crippen LogP contribution >= 0.6 is 0 Å². The highest BCUT2D eigenvalue weighted by Crippen LogP contribution is 2.39. The fourth-order valence-electron chi connectivity index (χ4n) is 5.38. The highest BCUT2D eigenvalue weighted by molar-refractivity contribution is 5.72. The Morgan fingerprint density at radius 3 is 2.49 bits per heavy atom. The molecule has 3 N–H and O–H groups in total. The van der Waals surface area contributed by atoms with Crippen LogP contribution in [0.25, 0.3) is 11.1 Å². The number of aliphatic hydroxyl groups is 2. The Labute approximate surface area is 216 Å². The number of hydrogen-bond acceptors (Lipinski definition) is 6. The average molecular weight is 505 g/mol. The minimum absolute atomic E-state index is 0.0532. The lowest BCUT2D eigenvalue weighted by atomic mass is 9.94. The number of carboxylic acid groups (broad SMARTS) is 1. The number of aliphatic carboxylic acids is 1. The normalized spacial score (nSPS) is 22.4. The van der Waals surface area contributed by atoms with Crippen LogP contribution < -0.4 is 14.2 Å². The molecular formula is C30H32O7. The molecule has 0 radical (unpaired) electrons. The molecule has 37 heavy (non-hydrogen) atoms. The maximum absolute atomic E-state index is 11.1. The molecule has 1 aliphatic carbocycles. The number of hydrogen-bond donors (Lipinski definition) is 3. The van der Waals surface area contributed by atoms with Crippen molar-refractivity contribution in [1.82, 2.24) is 0 Å². The maximum atomic E-state index is 11.1. The summed E-state index contributed by atoms with van der Waals surface area (Å²) in [5, 5.41) is 29.0. The van der Waals surface area contributed by atoms with Gasteiger partial charge in [0.25, 0.3) is 0 Å². The Balaban J connectivity index is 1.28. The molecule has 0 spiro atoms. The zero-order valence-electron chi connectivity index (χ0n) is 21.0. The van der Waals surface area contributed by atoms with Crippen LogP contribution in [0, 0.1) is 13.8 Å². The first kappa shape index (κ1) is 25.1. The highest BCUT2D eigenvalue weighted by atomic mass is 16.5. The van der Waals surface area contributed by atoms with Crippen molar-refractivity contribution in [2.45, 2.75) is 63.9 Å². The van der Waals surface area contributed by atoms with Crippen LogP contribution in [0.5, 0.6) is 17.2 Å². The van der Waals surface area contributed by atoms with E-state index in [4.69, 9.17) is 19.3 Å². The summed E-state index contributed by atoms with van der Waals surface area (Å²) in [5.41, 5.74) is 6.25. The number of ether oxygens (including phenoxy) is 3. The van der Waals surface area contributed by atoms with Crippen molar-refractivity contribution >= 4 is 5.97 Å². The van der Waals surface area contributed by atoms with Gasteiger partial charge >= 0.3 is 5.97 Å². The van der Waals surface area contributed by atoms with Gasteiger partial charge in [-0.1, -0.05) is 24.3 Å². The molecule has 0 unspecified atom stereocenters. The second kappa shape index (κ2) is 10.4. The summed E-state index contributed by atoms with van der Waals surface area (Å²) in [6.45, 7) is 4.84. The Bertz CT molecular complexity index is 1280. The van der Waals surface area contributed by atoms with E-state index in [1.54, 1.807) is 0 Å². The Morgan fingerprint density at radius 2 is 1.78 bits per heavy atom. The first-order chi connectivity index (χ1) is 17.8. The van der Waals surface area contributed by atoms with E-state index in [0.717, 1.165) is 33.4 Å². The SMILES string of the molecule is Cc1cc(O[C@@H]2CC[C@H](O)[C@H]2O)cc(C)c1-c1cccc(COc2ccc3c(c2)OC[C@H]3CC(=O)O)c1. The van der Waals surface area contributed by atoms with E-state index in [2.05, 4.69) is 12.1 Å². The molecule has 3 aromatic carbocycles. The third kappa shape index (κ3) is 5.43. The van der Waals surface area contributed by atoms with Crippen molar-refractivity contribution < 1.29 is 34.3 Å².